The first kappa shape index (κ1) is 15.0. The van der Waals surface area contributed by atoms with Crippen molar-refractivity contribution in [3.05, 3.63) is 35.9 Å². The van der Waals surface area contributed by atoms with Crippen LogP contribution in [0.15, 0.2) is 30.3 Å². The van der Waals surface area contributed by atoms with Gasteiger partial charge in [-0.25, -0.2) is 4.79 Å². The molecule has 2 amide bonds. The van der Waals surface area contributed by atoms with E-state index in [9.17, 15) is 9.59 Å². The Hall–Kier alpha value is -2.04. The molecule has 0 aromatic heterocycles. The maximum absolute atomic E-state index is 11.9. The molecule has 0 fully saturated rings. The van der Waals surface area contributed by atoms with Crippen molar-refractivity contribution in [2.24, 2.45) is 0 Å². The van der Waals surface area contributed by atoms with Crippen molar-refractivity contribution in [2.75, 3.05) is 20.2 Å². The molecule has 5 nitrogen and oxygen atoms in total. The van der Waals surface area contributed by atoms with Crippen LogP contribution in [0.1, 0.15) is 25.5 Å². The number of carbonyl (C=O) groups excluding carboxylic acids is 2. The highest BCUT2D eigenvalue weighted by Crippen LogP contribution is 2.11. The molecule has 0 bridgehead atoms. The summed E-state index contributed by atoms with van der Waals surface area (Å²) in [7, 11) is 1.56. The average molecular weight is 264 g/mol. The molecule has 1 atom stereocenters. The number of esters is 1. The highest BCUT2D eigenvalue weighted by molar-refractivity contribution is 5.80. The molecule has 0 heterocycles. The van der Waals surface area contributed by atoms with E-state index >= 15 is 0 Å². The van der Waals surface area contributed by atoms with Gasteiger partial charge in [0, 0.05) is 7.05 Å². The van der Waals surface area contributed by atoms with Gasteiger partial charge in [-0.2, -0.15) is 0 Å². The van der Waals surface area contributed by atoms with E-state index in [1.807, 2.05) is 37.3 Å². The molecule has 0 saturated heterocycles. The summed E-state index contributed by atoms with van der Waals surface area (Å²) in [5, 5.41) is 2.82. The Morgan fingerprint density at radius 1 is 1.32 bits per heavy atom. The molecule has 0 saturated carbocycles. The smallest absolute Gasteiger partial charge is 0.325 e. The van der Waals surface area contributed by atoms with Crippen molar-refractivity contribution in [1.29, 1.82) is 0 Å². The third kappa shape index (κ3) is 4.99. The van der Waals surface area contributed by atoms with E-state index in [1.165, 1.54) is 4.90 Å². The second kappa shape index (κ2) is 7.41. The number of rotatable bonds is 5. The van der Waals surface area contributed by atoms with E-state index in [1.54, 1.807) is 14.0 Å². The van der Waals surface area contributed by atoms with Gasteiger partial charge in [-0.05, 0) is 19.4 Å². The van der Waals surface area contributed by atoms with Crippen LogP contribution in [0.5, 0.6) is 0 Å². The molecule has 1 rings (SSSR count). The van der Waals surface area contributed by atoms with Crippen LogP contribution in [0.2, 0.25) is 0 Å². The normalized spacial score (nSPS) is 11.5. The van der Waals surface area contributed by atoms with Crippen LogP contribution in [0.3, 0.4) is 0 Å². The number of nitrogens with one attached hydrogen (secondary N) is 1. The Morgan fingerprint density at radius 2 is 1.95 bits per heavy atom. The zero-order chi connectivity index (χ0) is 14.3. The van der Waals surface area contributed by atoms with Crippen molar-refractivity contribution in [1.82, 2.24) is 10.2 Å². The quantitative estimate of drug-likeness (QED) is 0.827. The fraction of sp³-hybridized carbons (Fsp3) is 0.429. The standard InChI is InChI=1S/C14H20N2O3/c1-4-19-13(17)10-16(3)14(18)15-11(2)12-8-6-5-7-9-12/h5-9,11H,4,10H2,1-3H3,(H,15,18). The molecular weight excluding hydrogens is 244 g/mol. The molecule has 1 unspecified atom stereocenters. The third-order valence-corrected chi connectivity index (χ3v) is 2.66. The fourth-order valence-corrected chi connectivity index (χ4v) is 1.59. The summed E-state index contributed by atoms with van der Waals surface area (Å²) in [4.78, 5) is 24.4. The van der Waals surface area contributed by atoms with Gasteiger partial charge in [-0.3, -0.25) is 4.79 Å². The van der Waals surface area contributed by atoms with Gasteiger partial charge in [0.1, 0.15) is 6.54 Å². The summed E-state index contributed by atoms with van der Waals surface area (Å²) in [5.74, 6) is -0.410. The van der Waals surface area contributed by atoms with Crippen molar-refractivity contribution in [3.63, 3.8) is 0 Å². The van der Waals surface area contributed by atoms with E-state index in [4.69, 9.17) is 4.74 Å². The molecule has 0 radical (unpaired) electrons. The monoisotopic (exact) mass is 264 g/mol. The summed E-state index contributed by atoms with van der Waals surface area (Å²) < 4.78 is 4.79. The minimum Gasteiger partial charge on any atom is -0.465 e. The van der Waals surface area contributed by atoms with Gasteiger partial charge in [0.2, 0.25) is 0 Å². The lowest BCUT2D eigenvalue weighted by atomic mass is 10.1. The second-order valence-electron chi connectivity index (χ2n) is 4.24. The summed E-state index contributed by atoms with van der Waals surface area (Å²) >= 11 is 0. The van der Waals surface area contributed by atoms with E-state index in [0.29, 0.717) is 6.61 Å². The molecule has 1 N–H and O–H groups in total. The highest BCUT2D eigenvalue weighted by atomic mass is 16.5. The number of benzene rings is 1. The first-order valence-corrected chi connectivity index (χ1v) is 6.26. The highest BCUT2D eigenvalue weighted by Gasteiger charge is 2.16. The SMILES string of the molecule is CCOC(=O)CN(C)C(=O)NC(C)c1ccccc1. The van der Waals surface area contributed by atoms with Gasteiger partial charge < -0.3 is 15.0 Å². The molecule has 104 valence electrons. The Bertz CT molecular complexity index is 420. The molecule has 0 aliphatic carbocycles. The summed E-state index contributed by atoms with van der Waals surface area (Å²) in [6.45, 7) is 3.89. The fourth-order valence-electron chi connectivity index (χ4n) is 1.59. The van der Waals surface area contributed by atoms with Crippen molar-refractivity contribution in [3.8, 4) is 0 Å². The number of ether oxygens (including phenoxy) is 1. The van der Waals surface area contributed by atoms with Crippen LogP contribution in [0.25, 0.3) is 0 Å². The molecule has 19 heavy (non-hydrogen) atoms. The average Bonchev–Trinajstić information content (AvgIpc) is 2.39. The first-order chi connectivity index (χ1) is 9.04. The van der Waals surface area contributed by atoms with Crippen molar-refractivity contribution < 1.29 is 14.3 Å². The Kier molecular flexibility index (Phi) is 5.85. The van der Waals surface area contributed by atoms with Crippen molar-refractivity contribution >= 4 is 12.0 Å². The molecule has 1 aromatic carbocycles. The van der Waals surface area contributed by atoms with E-state index < -0.39 is 5.97 Å². The largest absolute Gasteiger partial charge is 0.465 e. The van der Waals surface area contributed by atoms with Crippen LogP contribution in [0.4, 0.5) is 4.79 Å². The molecule has 5 heteroatoms. The number of hydrogen-bond acceptors (Lipinski definition) is 3. The van der Waals surface area contributed by atoms with Gasteiger partial charge in [0.05, 0.1) is 12.6 Å². The predicted octanol–water partition coefficient (Wildman–Crippen LogP) is 1.95. The lowest BCUT2D eigenvalue weighted by molar-refractivity contribution is -0.143. The van der Waals surface area contributed by atoms with Crippen LogP contribution in [-0.2, 0) is 9.53 Å². The number of hydrogen-bond donors (Lipinski definition) is 1. The second-order valence-corrected chi connectivity index (χ2v) is 4.24. The van der Waals surface area contributed by atoms with Crippen LogP contribution < -0.4 is 5.32 Å². The maximum atomic E-state index is 11.9. The minimum atomic E-state index is -0.410. The topological polar surface area (TPSA) is 58.6 Å². The molecule has 0 aliphatic heterocycles. The molecular formula is C14H20N2O3. The van der Waals surface area contributed by atoms with Crippen molar-refractivity contribution in [2.45, 2.75) is 19.9 Å². The van der Waals surface area contributed by atoms with Gasteiger partial charge in [-0.1, -0.05) is 30.3 Å². The van der Waals surface area contributed by atoms with Gasteiger partial charge in [0.25, 0.3) is 0 Å². The number of carbonyl (C=O) groups is 2. The zero-order valence-electron chi connectivity index (χ0n) is 11.6. The Balaban J connectivity index is 2.48. The van der Waals surface area contributed by atoms with Gasteiger partial charge in [0.15, 0.2) is 0 Å². The number of amides is 2. The molecule has 0 aliphatic rings. The van der Waals surface area contributed by atoms with Crippen LogP contribution >= 0.6 is 0 Å². The minimum absolute atomic E-state index is 0.0544. The van der Waals surface area contributed by atoms with Gasteiger partial charge >= 0.3 is 12.0 Å². The predicted molar refractivity (Wildman–Crippen MR) is 72.7 cm³/mol. The summed E-state index contributed by atoms with van der Waals surface area (Å²) in [6.07, 6.45) is 0. The van der Waals surface area contributed by atoms with E-state index in [2.05, 4.69) is 5.32 Å². The van der Waals surface area contributed by atoms with E-state index in [-0.39, 0.29) is 18.6 Å². The maximum Gasteiger partial charge on any atom is 0.325 e. The molecule has 0 spiro atoms. The zero-order valence-corrected chi connectivity index (χ0v) is 11.6. The number of urea groups is 1. The number of likely N-dealkylation sites (N-methyl/N-ethyl adjacent to an activating group) is 1. The lowest BCUT2D eigenvalue weighted by Gasteiger charge is -2.20. The van der Waals surface area contributed by atoms with E-state index in [0.717, 1.165) is 5.56 Å². The number of nitrogens with zero attached hydrogens (tertiary/aromatic N) is 1. The molecule has 1 aromatic rings. The van der Waals surface area contributed by atoms with Crippen LogP contribution in [-0.4, -0.2) is 37.1 Å². The Morgan fingerprint density at radius 3 is 2.53 bits per heavy atom. The lowest BCUT2D eigenvalue weighted by Crippen LogP contribution is -2.41. The summed E-state index contributed by atoms with van der Waals surface area (Å²) in [5.41, 5.74) is 1.01. The first-order valence-electron chi connectivity index (χ1n) is 6.26. The summed E-state index contributed by atoms with van der Waals surface area (Å²) in [6, 6.07) is 9.22. The van der Waals surface area contributed by atoms with Gasteiger partial charge in [-0.15, -0.1) is 0 Å². The third-order valence-electron chi connectivity index (χ3n) is 2.66. The van der Waals surface area contributed by atoms with Crippen LogP contribution in [0, 0.1) is 0 Å². The Labute approximate surface area is 113 Å².